The highest BCUT2D eigenvalue weighted by Gasteiger charge is 2.22. The molecule has 0 saturated heterocycles. The second kappa shape index (κ2) is 8.67. The van der Waals surface area contributed by atoms with Crippen LogP contribution in [-0.4, -0.2) is 25.7 Å². The third-order valence-corrected chi connectivity index (χ3v) is 5.88. The summed E-state index contributed by atoms with van der Waals surface area (Å²) in [5.41, 5.74) is 2.62. The van der Waals surface area contributed by atoms with Gasteiger partial charge < -0.3 is 14.6 Å². The maximum atomic E-state index is 12.8. The summed E-state index contributed by atoms with van der Waals surface area (Å²) in [5.74, 6) is 1.98. The first-order valence-electron chi connectivity index (χ1n) is 10.8. The van der Waals surface area contributed by atoms with Crippen molar-refractivity contribution in [1.29, 1.82) is 0 Å². The molecule has 1 aliphatic carbocycles. The number of hydrogen-bond acceptors (Lipinski definition) is 5. The van der Waals surface area contributed by atoms with Crippen LogP contribution in [0.4, 0.5) is 11.6 Å². The highest BCUT2D eigenvalue weighted by atomic mass is 35.5. The molecule has 5 rings (SSSR count). The van der Waals surface area contributed by atoms with Gasteiger partial charge in [-0.25, -0.2) is 4.98 Å². The summed E-state index contributed by atoms with van der Waals surface area (Å²) >= 11 is 6.05. The lowest BCUT2D eigenvalue weighted by molar-refractivity contribution is 0.300. The van der Waals surface area contributed by atoms with Crippen molar-refractivity contribution < 1.29 is 4.74 Å². The van der Waals surface area contributed by atoms with Crippen molar-refractivity contribution in [1.82, 2.24) is 19.1 Å². The predicted octanol–water partition coefficient (Wildman–Crippen LogP) is 4.85. The maximum absolute atomic E-state index is 12.8. The fraction of sp³-hybridized carbons (Fsp3) is 0.292. The predicted molar refractivity (Wildman–Crippen MR) is 126 cm³/mol. The molecular formula is C24H24ClN5O2. The summed E-state index contributed by atoms with van der Waals surface area (Å²) in [6.07, 6.45) is 4.20. The molecule has 1 fully saturated rings. The summed E-state index contributed by atoms with van der Waals surface area (Å²) in [4.78, 5) is 21.7. The molecule has 164 valence electrons. The summed E-state index contributed by atoms with van der Waals surface area (Å²) < 4.78 is 9.56. The molecule has 7 nitrogen and oxygen atoms in total. The molecule has 0 amide bonds. The third kappa shape index (κ3) is 4.34. The van der Waals surface area contributed by atoms with Crippen LogP contribution in [0.5, 0.6) is 5.75 Å². The van der Waals surface area contributed by atoms with Crippen LogP contribution in [0.2, 0.25) is 5.02 Å². The number of hydrogen-bond donors (Lipinski definition) is 1. The summed E-state index contributed by atoms with van der Waals surface area (Å²) in [5, 5.41) is 3.97. The van der Waals surface area contributed by atoms with Crippen molar-refractivity contribution in [3.63, 3.8) is 0 Å². The van der Waals surface area contributed by atoms with E-state index in [-0.39, 0.29) is 5.56 Å². The van der Waals surface area contributed by atoms with E-state index in [0.717, 1.165) is 23.6 Å². The molecule has 32 heavy (non-hydrogen) atoms. The van der Waals surface area contributed by atoms with Gasteiger partial charge in [-0.05, 0) is 67.6 Å². The van der Waals surface area contributed by atoms with Gasteiger partial charge in [0.15, 0.2) is 11.2 Å². The third-order valence-electron chi connectivity index (χ3n) is 5.63. The zero-order chi connectivity index (χ0) is 22.1. The molecule has 0 atom stereocenters. The molecule has 2 aromatic heterocycles. The van der Waals surface area contributed by atoms with Crippen LogP contribution in [0.3, 0.4) is 0 Å². The summed E-state index contributed by atoms with van der Waals surface area (Å²) in [6, 6.07) is 15.3. The molecule has 2 heterocycles. The minimum absolute atomic E-state index is 0.307. The number of anilines is 2. The Morgan fingerprint density at radius 2 is 1.88 bits per heavy atom. The Morgan fingerprint density at radius 3 is 2.56 bits per heavy atom. The van der Waals surface area contributed by atoms with Crippen molar-refractivity contribution >= 4 is 34.4 Å². The van der Waals surface area contributed by atoms with Crippen molar-refractivity contribution in [3.8, 4) is 5.75 Å². The molecule has 0 aliphatic heterocycles. The molecule has 1 saturated carbocycles. The Hall–Kier alpha value is -3.32. The quantitative estimate of drug-likeness (QED) is 0.416. The van der Waals surface area contributed by atoms with Crippen LogP contribution in [0.1, 0.15) is 25.3 Å². The van der Waals surface area contributed by atoms with Crippen LogP contribution >= 0.6 is 11.6 Å². The van der Waals surface area contributed by atoms with Gasteiger partial charge in [0.05, 0.1) is 19.5 Å². The number of fused-ring (bicyclic) bond motifs is 1. The first kappa shape index (κ1) is 20.6. The molecule has 1 N–H and O–H groups in total. The zero-order valence-corrected chi connectivity index (χ0v) is 18.5. The number of ether oxygens (including phenoxy) is 1. The first-order valence-corrected chi connectivity index (χ1v) is 11.2. The Labute approximate surface area is 190 Å². The van der Waals surface area contributed by atoms with E-state index in [0.29, 0.717) is 41.1 Å². The van der Waals surface area contributed by atoms with Gasteiger partial charge in [-0.15, -0.1) is 0 Å². The Kier molecular flexibility index (Phi) is 5.57. The standard InChI is InChI=1S/C24H24ClN5O2/c1-2-29-15-26-22-21(29)23(31)28-24(30(22)13-16-5-7-18(25)8-6-16)27-19-9-11-20(12-10-19)32-14-17-3-4-17/h5-12,15,17H,2-4,13-14H2,1H3,(H,27,28,31). The van der Waals surface area contributed by atoms with E-state index in [1.165, 1.54) is 12.8 Å². The molecule has 0 bridgehead atoms. The fourth-order valence-corrected chi connectivity index (χ4v) is 3.74. The van der Waals surface area contributed by atoms with Gasteiger partial charge in [0.2, 0.25) is 5.95 Å². The average molecular weight is 450 g/mol. The van der Waals surface area contributed by atoms with Crippen molar-refractivity contribution in [2.24, 2.45) is 5.92 Å². The van der Waals surface area contributed by atoms with Crippen molar-refractivity contribution in [2.75, 3.05) is 11.9 Å². The van der Waals surface area contributed by atoms with Gasteiger partial charge in [-0.2, -0.15) is 4.98 Å². The first-order chi connectivity index (χ1) is 15.6. The van der Waals surface area contributed by atoms with Gasteiger partial charge in [-0.3, -0.25) is 9.36 Å². The second-order valence-corrected chi connectivity index (χ2v) is 8.50. The van der Waals surface area contributed by atoms with E-state index < -0.39 is 0 Å². The fourth-order valence-electron chi connectivity index (χ4n) is 3.62. The number of rotatable bonds is 8. The maximum Gasteiger partial charge on any atom is 0.300 e. The Bertz CT molecular complexity index is 1290. The van der Waals surface area contributed by atoms with Crippen LogP contribution in [-0.2, 0) is 13.1 Å². The van der Waals surface area contributed by atoms with E-state index in [2.05, 4.69) is 15.3 Å². The molecule has 0 unspecified atom stereocenters. The van der Waals surface area contributed by atoms with Gasteiger partial charge in [0, 0.05) is 17.3 Å². The normalized spacial score (nSPS) is 13.4. The molecule has 0 spiro atoms. The smallest absolute Gasteiger partial charge is 0.300 e. The van der Waals surface area contributed by atoms with Gasteiger partial charge in [0.1, 0.15) is 5.75 Å². The van der Waals surface area contributed by atoms with Crippen molar-refractivity contribution in [3.05, 3.63) is 75.8 Å². The number of aromatic nitrogens is 4. The number of nitrogens with zero attached hydrogens (tertiary/aromatic N) is 4. The van der Waals surface area contributed by atoms with Crippen LogP contribution in [0.25, 0.3) is 11.2 Å². The second-order valence-electron chi connectivity index (χ2n) is 8.06. The Morgan fingerprint density at radius 1 is 1.12 bits per heavy atom. The van der Waals surface area contributed by atoms with Crippen LogP contribution < -0.4 is 15.6 Å². The lowest BCUT2D eigenvalue weighted by atomic mass is 10.2. The van der Waals surface area contributed by atoms with E-state index in [1.54, 1.807) is 6.33 Å². The Balaban J connectivity index is 1.49. The number of halogens is 1. The van der Waals surface area contributed by atoms with Crippen LogP contribution in [0, 0.1) is 5.92 Å². The van der Waals surface area contributed by atoms with Crippen molar-refractivity contribution in [2.45, 2.75) is 32.9 Å². The lowest BCUT2D eigenvalue weighted by Crippen LogP contribution is -2.20. The minimum Gasteiger partial charge on any atom is -0.493 e. The molecule has 8 heteroatoms. The average Bonchev–Trinajstić information content (AvgIpc) is 3.53. The van der Waals surface area contributed by atoms with E-state index >= 15 is 0 Å². The largest absolute Gasteiger partial charge is 0.493 e. The number of aryl methyl sites for hydroxylation is 1. The van der Waals surface area contributed by atoms with E-state index in [4.69, 9.17) is 16.3 Å². The van der Waals surface area contributed by atoms with E-state index in [9.17, 15) is 4.79 Å². The molecule has 2 aromatic carbocycles. The number of imidazole rings is 1. The van der Waals surface area contributed by atoms with Gasteiger partial charge in [0.25, 0.3) is 0 Å². The molecule has 4 aromatic rings. The minimum atomic E-state index is -0.307. The number of nitrogens with one attached hydrogen (secondary N) is 1. The highest BCUT2D eigenvalue weighted by molar-refractivity contribution is 6.30. The summed E-state index contributed by atoms with van der Waals surface area (Å²) in [6.45, 7) is 3.88. The van der Waals surface area contributed by atoms with Gasteiger partial charge in [-0.1, -0.05) is 23.7 Å². The monoisotopic (exact) mass is 449 g/mol. The van der Waals surface area contributed by atoms with Gasteiger partial charge >= 0.3 is 5.56 Å². The van der Waals surface area contributed by atoms with Crippen LogP contribution in [0.15, 0.2) is 59.7 Å². The summed E-state index contributed by atoms with van der Waals surface area (Å²) in [7, 11) is 0. The lowest BCUT2D eigenvalue weighted by Gasteiger charge is -2.16. The highest BCUT2D eigenvalue weighted by Crippen LogP contribution is 2.30. The molecule has 0 radical (unpaired) electrons. The topological polar surface area (TPSA) is 74.0 Å². The molecule has 1 aliphatic rings. The number of benzene rings is 2. The molecular weight excluding hydrogens is 426 g/mol. The van der Waals surface area contributed by atoms with E-state index in [1.807, 2.05) is 64.6 Å². The SMILES string of the molecule is CCn1cnc2c1c(=O)nc(Nc1ccc(OCC3CC3)cc1)n2Cc1ccc(Cl)cc1. The zero-order valence-electron chi connectivity index (χ0n) is 17.8.